The predicted molar refractivity (Wildman–Crippen MR) is 121 cm³/mol. The topological polar surface area (TPSA) is 68.3 Å². The summed E-state index contributed by atoms with van der Waals surface area (Å²) in [6, 6.07) is 18.1. The Kier molecular flexibility index (Phi) is 8.18. The fraction of sp³-hybridized carbons (Fsp3) is 0.333. The molecule has 0 saturated carbocycles. The molecule has 0 atom stereocenters. The summed E-state index contributed by atoms with van der Waals surface area (Å²) < 4.78 is 10.8. The Bertz CT molecular complexity index is 896. The van der Waals surface area contributed by atoms with Gasteiger partial charge in [-0.25, -0.2) is 9.97 Å². The molecule has 0 aliphatic carbocycles. The lowest BCUT2D eigenvalue weighted by atomic mass is 10.1. The molecule has 6 heteroatoms. The van der Waals surface area contributed by atoms with Gasteiger partial charge in [-0.15, -0.1) is 0 Å². The van der Waals surface area contributed by atoms with Gasteiger partial charge >= 0.3 is 0 Å². The third-order valence-corrected chi connectivity index (χ3v) is 4.41. The number of aromatic nitrogens is 2. The van der Waals surface area contributed by atoms with Gasteiger partial charge in [-0.3, -0.25) is 0 Å². The molecular weight excluding hydrogens is 376 g/mol. The van der Waals surface area contributed by atoms with Gasteiger partial charge in [-0.05, 0) is 53.9 Å². The van der Waals surface area contributed by atoms with E-state index in [-0.39, 0.29) is 0 Å². The van der Waals surface area contributed by atoms with Crippen LogP contribution in [0.5, 0.6) is 5.75 Å². The summed E-state index contributed by atoms with van der Waals surface area (Å²) in [4.78, 5) is 8.99. The fourth-order valence-electron chi connectivity index (χ4n) is 2.81. The summed E-state index contributed by atoms with van der Waals surface area (Å²) in [6.07, 6.45) is 1.77. The summed E-state index contributed by atoms with van der Waals surface area (Å²) in [5.41, 5.74) is 4.05. The number of nitrogens with zero attached hydrogens (tertiary/aromatic N) is 2. The van der Waals surface area contributed by atoms with Crippen LogP contribution in [0.4, 0.5) is 11.6 Å². The molecule has 2 N–H and O–H groups in total. The van der Waals surface area contributed by atoms with Crippen LogP contribution in [-0.2, 0) is 11.3 Å². The maximum atomic E-state index is 5.75. The van der Waals surface area contributed by atoms with E-state index in [1.165, 1.54) is 5.56 Å². The first-order valence-electron chi connectivity index (χ1n) is 10.3. The number of benzene rings is 2. The number of methoxy groups -OCH3 is 1. The Morgan fingerprint density at radius 3 is 2.43 bits per heavy atom. The molecule has 1 aromatic heterocycles. The van der Waals surface area contributed by atoms with Crippen molar-refractivity contribution < 1.29 is 9.47 Å². The van der Waals surface area contributed by atoms with Crippen LogP contribution < -0.4 is 15.4 Å². The molecule has 1 heterocycles. The van der Waals surface area contributed by atoms with E-state index in [9.17, 15) is 0 Å². The van der Waals surface area contributed by atoms with Crippen molar-refractivity contribution in [3.63, 3.8) is 0 Å². The Morgan fingerprint density at radius 2 is 1.73 bits per heavy atom. The molecule has 0 unspecified atom stereocenters. The first kappa shape index (κ1) is 21.7. The van der Waals surface area contributed by atoms with E-state index in [1.54, 1.807) is 13.3 Å². The molecule has 3 rings (SSSR count). The summed E-state index contributed by atoms with van der Waals surface area (Å²) in [7, 11) is 1.70. The molecule has 3 aromatic rings. The second-order valence-corrected chi connectivity index (χ2v) is 7.49. The van der Waals surface area contributed by atoms with Crippen LogP contribution in [0.2, 0.25) is 0 Å². The summed E-state index contributed by atoms with van der Waals surface area (Å²) in [5.74, 6) is 1.94. The zero-order valence-corrected chi connectivity index (χ0v) is 17.9. The number of nitrogens with one attached hydrogen (secondary N) is 2. The van der Waals surface area contributed by atoms with Crippen molar-refractivity contribution in [3.8, 4) is 17.0 Å². The normalized spacial score (nSPS) is 10.9. The largest absolute Gasteiger partial charge is 0.493 e. The third kappa shape index (κ3) is 6.83. The maximum Gasteiger partial charge on any atom is 0.227 e. The highest BCUT2D eigenvalue weighted by Crippen LogP contribution is 2.22. The van der Waals surface area contributed by atoms with E-state index in [0.717, 1.165) is 35.8 Å². The van der Waals surface area contributed by atoms with Crippen LogP contribution >= 0.6 is 0 Å². The molecular formula is C24H30N4O2. The molecule has 30 heavy (non-hydrogen) atoms. The van der Waals surface area contributed by atoms with E-state index < -0.39 is 0 Å². The zero-order valence-electron chi connectivity index (χ0n) is 17.9. The monoisotopic (exact) mass is 406 g/mol. The van der Waals surface area contributed by atoms with Crippen molar-refractivity contribution in [2.24, 2.45) is 5.92 Å². The minimum Gasteiger partial charge on any atom is -0.493 e. The number of anilines is 2. The lowest BCUT2D eigenvalue weighted by Gasteiger charge is -2.10. The average molecular weight is 407 g/mol. The predicted octanol–water partition coefficient (Wildman–Crippen LogP) is 4.66. The minimum absolute atomic E-state index is 0.501. The molecule has 6 nitrogen and oxygen atoms in total. The number of ether oxygens (including phenoxy) is 2. The number of rotatable bonds is 11. The van der Waals surface area contributed by atoms with Gasteiger partial charge in [0.15, 0.2) is 0 Å². The Labute approximate surface area is 178 Å². The van der Waals surface area contributed by atoms with E-state index in [0.29, 0.717) is 25.1 Å². The highest BCUT2D eigenvalue weighted by Gasteiger charge is 2.05. The molecule has 0 aliphatic rings. The molecule has 0 radical (unpaired) electrons. The molecule has 0 saturated heterocycles. The first-order valence-corrected chi connectivity index (χ1v) is 10.3. The quantitative estimate of drug-likeness (QED) is 0.452. The number of hydrogen-bond acceptors (Lipinski definition) is 6. The fourth-order valence-corrected chi connectivity index (χ4v) is 2.81. The van der Waals surface area contributed by atoms with Crippen molar-refractivity contribution in [1.29, 1.82) is 0 Å². The molecule has 0 bridgehead atoms. The van der Waals surface area contributed by atoms with Crippen LogP contribution in [0, 0.1) is 5.92 Å². The maximum absolute atomic E-state index is 5.75. The minimum atomic E-state index is 0.501. The van der Waals surface area contributed by atoms with E-state index in [1.807, 2.05) is 42.5 Å². The van der Waals surface area contributed by atoms with E-state index in [4.69, 9.17) is 9.47 Å². The van der Waals surface area contributed by atoms with Gasteiger partial charge in [0.1, 0.15) is 5.75 Å². The Hall–Kier alpha value is -2.96. The SMILES string of the molecule is COCCNCc1ccc(Nc2nccc(-c3ccc(OCC(C)C)cc3)n2)cc1. The van der Waals surface area contributed by atoms with Crippen LogP contribution in [0.25, 0.3) is 11.3 Å². The van der Waals surface area contributed by atoms with E-state index >= 15 is 0 Å². The van der Waals surface area contributed by atoms with Gasteiger partial charge in [0, 0.05) is 37.6 Å². The molecule has 0 amide bonds. The van der Waals surface area contributed by atoms with Gasteiger partial charge in [-0.2, -0.15) is 0 Å². The summed E-state index contributed by atoms with van der Waals surface area (Å²) in [6.45, 7) is 7.34. The first-order chi connectivity index (χ1) is 14.6. The van der Waals surface area contributed by atoms with Gasteiger partial charge in [0.05, 0.1) is 18.9 Å². The summed E-state index contributed by atoms with van der Waals surface area (Å²) >= 11 is 0. The van der Waals surface area contributed by atoms with Crippen molar-refractivity contribution in [2.75, 3.05) is 32.2 Å². The van der Waals surface area contributed by atoms with Crippen LogP contribution in [0.3, 0.4) is 0 Å². The number of hydrogen-bond donors (Lipinski definition) is 2. The van der Waals surface area contributed by atoms with Crippen LogP contribution in [-0.4, -0.2) is 36.8 Å². The van der Waals surface area contributed by atoms with Crippen LogP contribution in [0.1, 0.15) is 19.4 Å². The Morgan fingerprint density at radius 1 is 0.967 bits per heavy atom. The molecule has 2 aromatic carbocycles. The standard InChI is InChI=1S/C24H30N4O2/c1-18(2)17-30-22-10-6-20(7-11-22)23-12-13-26-24(28-23)27-21-8-4-19(5-9-21)16-25-14-15-29-3/h4-13,18,25H,14-17H2,1-3H3,(H,26,27,28). The van der Waals surface area contributed by atoms with Gasteiger partial charge < -0.3 is 20.1 Å². The third-order valence-electron chi connectivity index (χ3n) is 4.41. The van der Waals surface area contributed by atoms with Gasteiger partial charge in [0.2, 0.25) is 5.95 Å². The van der Waals surface area contributed by atoms with Crippen molar-refractivity contribution >= 4 is 11.6 Å². The molecule has 0 fully saturated rings. The van der Waals surface area contributed by atoms with Gasteiger partial charge in [-0.1, -0.05) is 26.0 Å². The van der Waals surface area contributed by atoms with Crippen molar-refractivity contribution in [2.45, 2.75) is 20.4 Å². The molecule has 0 spiro atoms. The average Bonchev–Trinajstić information content (AvgIpc) is 2.77. The summed E-state index contributed by atoms with van der Waals surface area (Å²) in [5, 5.41) is 6.61. The lowest BCUT2D eigenvalue weighted by molar-refractivity contribution is 0.199. The highest BCUT2D eigenvalue weighted by atomic mass is 16.5. The lowest BCUT2D eigenvalue weighted by Crippen LogP contribution is -2.18. The zero-order chi connectivity index (χ0) is 21.2. The Balaban J connectivity index is 1.60. The molecule has 158 valence electrons. The van der Waals surface area contributed by atoms with Crippen molar-refractivity contribution in [3.05, 3.63) is 66.4 Å². The smallest absolute Gasteiger partial charge is 0.227 e. The van der Waals surface area contributed by atoms with Crippen molar-refractivity contribution in [1.82, 2.24) is 15.3 Å². The van der Waals surface area contributed by atoms with Gasteiger partial charge in [0.25, 0.3) is 0 Å². The van der Waals surface area contributed by atoms with E-state index in [2.05, 4.69) is 46.6 Å². The second-order valence-electron chi connectivity index (χ2n) is 7.49. The van der Waals surface area contributed by atoms with Crippen LogP contribution in [0.15, 0.2) is 60.8 Å². The second kappa shape index (κ2) is 11.3. The highest BCUT2D eigenvalue weighted by molar-refractivity contribution is 5.62. The molecule has 0 aliphatic heterocycles.